The SMILES string of the molecule is Cc1ccc(/C=C\C(=O)Nc2nc3ccc(Cl)cc3s2)cc1. The number of aromatic nitrogens is 1. The lowest BCUT2D eigenvalue weighted by Crippen LogP contribution is -2.07. The van der Waals surface area contributed by atoms with Crippen LogP contribution >= 0.6 is 22.9 Å². The van der Waals surface area contributed by atoms with E-state index in [4.69, 9.17) is 11.6 Å². The average Bonchev–Trinajstić information content (AvgIpc) is 2.88. The fourth-order valence-electron chi connectivity index (χ4n) is 1.95. The predicted molar refractivity (Wildman–Crippen MR) is 93.5 cm³/mol. The summed E-state index contributed by atoms with van der Waals surface area (Å²) in [6.45, 7) is 2.03. The van der Waals surface area contributed by atoms with Crippen LogP contribution in [-0.4, -0.2) is 10.9 Å². The van der Waals surface area contributed by atoms with Crippen LogP contribution in [0.5, 0.6) is 0 Å². The Morgan fingerprint density at radius 1 is 1.23 bits per heavy atom. The standard InChI is InChI=1S/C17H13ClN2OS/c1-11-2-4-12(5-3-11)6-9-16(21)20-17-19-14-8-7-13(18)10-15(14)22-17/h2-10H,1H3,(H,19,20,21)/b9-6-. The fourth-order valence-corrected chi connectivity index (χ4v) is 3.09. The van der Waals surface area contributed by atoms with E-state index in [9.17, 15) is 4.79 Å². The minimum absolute atomic E-state index is 0.203. The molecule has 1 aromatic heterocycles. The van der Waals surface area contributed by atoms with Crippen molar-refractivity contribution in [1.82, 2.24) is 4.98 Å². The Kier molecular flexibility index (Phi) is 4.22. The molecule has 0 saturated heterocycles. The van der Waals surface area contributed by atoms with Crippen LogP contribution in [0.15, 0.2) is 48.5 Å². The van der Waals surface area contributed by atoms with E-state index in [1.165, 1.54) is 23.0 Å². The lowest BCUT2D eigenvalue weighted by atomic mass is 10.1. The molecule has 2 aromatic carbocycles. The number of carbonyl (C=O) groups is 1. The molecule has 3 nitrogen and oxygen atoms in total. The molecule has 0 aliphatic rings. The molecule has 1 amide bonds. The molecule has 0 radical (unpaired) electrons. The second-order valence-corrected chi connectivity index (χ2v) is 6.33. The number of fused-ring (bicyclic) bond motifs is 1. The first-order chi connectivity index (χ1) is 10.6. The van der Waals surface area contributed by atoms with Gasteiger partial charge in [0.15, 0.2) is 5.13 Å². The Bertz CT molecular complexity index is 853. The molecular formula is C17H13ClN2OS. The number of anilines is 1. The van der Waals surface area contributed by atoms with Gasteiger partial charge in [-0.25, -0.2) is 4.98 Å². The molecule has 0 fully saturated rings. The summed E-state index contributed by atoms with van der Waals surface area (Å²) in [6, 6.07) is 13.4. The van der Waals surface area contributed by atoms with E-state index in [2.05, 4.69) is 10.3 Å². The fraction of sp³-hybridized carbons (Fsp3) is 0.0588. The molecule has 0 aliphatic heterocycles. The topological polar surface area (TPSA) is 42.0 Å². The van der Waals surface area contributed by atoms with Gasteiger partial charge < -0.3 is 0 Å². The minimum Gasteiger partial charge on any atom is -0.298 e. The van der Waals surface area contributed by atoms with Crippen LogP contribution in [-0.2, 0) is 4.79 Å². The summed E-state index contributed by atoms with van der Waals surface area (Å²) in [6.07, 6.45) is 3.28. The number of benzene rings is 2. The van der Waals surface area contributed by atoms with Gasteiger partial charge in [0.1, 0.15) is 0 Å². The van der Waals surface area contributed by atoms with Crippen molar-refractivity contribution in [3.8, 4) is 0 Å². The van der Waals surface area contributed by atoms with E-state index in [-0.39, 0.29) is 5.91 Å². The number of halogens is 1. The third-order valence-electron chi connectivity index (χ3n) is 3.09. The molecule has 0 spiro atoms. The number of rotatable bonds is 3. The monoisotopic (exact) mass is 328 g/mol. The summed E-state index contributed by atoms with van der Waals surface area (Å²) in [7, 11) is 0. The highest BCUT2D eigenvalue weighted by Gasteiger charge is 2.06. The highest BCUT2D eigenvalue weighted by Crippen LogP contribution is 2.28. The van der Waals surface area contributed by atoms with Crippen molar-refractivity contribution in [2.45, 2.75) is 6.92 Å². The number of hydrogen-bond acceptors (Lipinski definition) is 3. The number of nitrogens with zero attached hydrogens (tertiary/aromatic N) is 1. The van der Waals surface area contributed by atoms with Crippen molar-refractivity contribution in [3.63, 3.8) is 0 Å². The van der Waals surface area contributed by atoms with E-state index in [0.717, 1.165) is 15.8 Å². The lowest BCUT2D eigenvalue weighted by Gasteiger charge is -1.96. The van der Waals surface area contributed by atoms with Gasteiger partial charge in [-0.05, 0) is 36.8 Å². The van der Waals surface area contributed by atoms with Crippen molar-refractivity contribution in [1.29, 1.82) is 0 Å². The average molecular weight is 329 g/mol. The number of hydrogen-bond donors (Lipinski definition) is 1. The Balaban J connectivity index is 1.71. The van der Waals surface area contributed by atoms with Crippen molar-refractivity contribution >= 4 is 50.3 Å². The predicted octanol–water partition coefficient (Wildman–Crippen LogP) is 4.91. The number of aryl methyl sites for hydroxylation is 1. The summed E-state index contributed by atoms with van der Waals surface area (Å²) in [5.74, 6) is -0.203. The second-order valence-electron chi connectivity index (χ2n) is 4.86. The molecule has 3 rings (SSSR count). The molecule has 5 heteroatoms. The van der Waals surface area contributed by atoms with Gasteiger partial charge in [-0.1, -0.05) is 52.8 Å². The van der Waals surface area contributed by atoms with Gasteiger partial charge in [-0.15, -0.1) is 0 Å². The maximum Gasteiger partial charge on any atom is 0.250 e. The van der Waals surface area contributed by atoms with Crippen LogP contribution in [0, 0.1) is 6.92 Å². The summed E-state index contributed by atoms with van der Waals surface area (Å²) in [5.41, 5.74) is 3.00. The largest absolute Gasteiger partial charge is 0.298 e. The van der Waals surface area contributed by atoms with Crippen molar-refractivity contribution in [2.24, 2.45) is 0 Å². The molecule has 1 N–H and O–H groups in total. The Morgan fingerprint density at radius 3 is 2.77 bits per heavy atom. The Labute approximate surface area is 137 Å². The molecule has 1 heterocycles. The van der Waals surface area contributed by atoms with E-state index in [1.807, 2.05) is 43.3 Å². The van der Waals surface area contributed by atoms with Crippen LogP contribution in [0.25, 0.3) is 16.3 Å². The Morgan fingerprint density at radius 2 is 2.00 bits per heavy atom. The van der Waals surface area contributed by atoms with Gasteiger partial charge in [0.25, 0.3) is 0 Å². The highest BCUT2D eigenvalue weighted by atomic mass is 35.5. The van der Waals surface area contributed by atoms with Crippen LogP contribution < -0.4 is 5.32 Å². The zero-order valence-corrected chi connectivity index (χ0v) is 13.4. The van der Waals surface area contributed by atoms with Gasteiger partial charge >= 0.3 is 0 Å². The molecule has 0 unspecified atom stereocenters. The van der Waals surface area contributed by atoms with Crippen LogP contribution in [0.2, 0.25) is 5.02 Å². The van der Waals surface area contributed by atoms with Crippen LogP contribution in [0.4, 0.5) is 5.13 Å². The molecule has 0 atom stereocenters. The van der Waals surface area contributed by atoms with E-state index in [1.54, 1.807) is 12.1 Å². The minimum atomic E-state index is -0.203. The van der Waals surface area contributed by atoms with E-state index in [0.29, 0.717) is 10.2 Å². The quantitative estimate of drug-likeness (QED) is 0.694. The molecule has 3 aromatic rings. The van der Waals surface area contributed by atoms with Gasteiger partial charge in [0, 0.05) is 11.1 Å². The molecule has 22 heavy (non-hydrogen) atoms. The van der Waals surface area contributed by atoms with Crippen molar-refractivity contribution < 1.29 is 4.79 Å². The number of carbonyl (C=O) groups excluding carboxylic acids is 1. The van der Waals surface area contributed by atoms with Crippen molar-refractivity contribution in [2.75, 3.05) is 5.32 Å². The maximum atomic E-state index is 11.9. The van der Waals surface area contributed by atoms with E-state index >= 15 is 0 Å². The first kappa shape index (κ1) is 14.8. The van der Waals surface area contributed by atoms with Crippen LogP contribution in [0.1, 0.15) is 11.1 Å². The molecule has 0 bridgehead atoms. The molecule has 0 saturated carbocycles. The van der Waals surface area contributed by atoms with Gasteiger partial charge in [0.05, 0.1) is 10.2 Å². The van der Waals surface area contributed by atoms with Gasteiger partial charge in [0.2, 0.25) is 5.91 Å². The molecule has 0 aliphatic carbocycles. The zero-order valence-electron chi connectivity index (χ0n) is 11.8. The van der Waals surface area contributed by atoms with Crippen LogP contribution in [0.3, 0.4) is 0 Å². The third-order valence-corrected chi connectivity index (χ3v) is 4.25. The molecule has 110 valence electrons. The van der Waals surface area contributed by atoms with Crippen molar-refractivity contribution in [3.05, 3.63) is 64.7 Å². The Hall–Kier alpha value is -2.17. The maximum absolute atomic E-state index is 11.9. The number of thiazole rings is 1. The van der Waals surface area contributed by atoms with Gasteiger partial charge in [-0.2, -0.15) is 0 Å². The summed E-state index contributed by atoms with van der Waals surface area (Å²) < 4.78 is 0.949. The molecular weight excluding hydrogens is 316 g/mol. The second kappa shape index (κ2) is 6.30. The third kappa shape index (κ3) is 3.53. The zero-order chi connectivity index (χ0) is 15.5. The smallest absolute Gasteiger partial charge is 0.250 e. The number of amides is 1. The number of nitrogens with one attached hydrogen (secondary N) is 1. The summed E-state index contributed by atoms with van der Waals surface area (Å²) >= 11 is 7.34. The van der Waals surface area contributed by atoms with E-state index < -0.39 is 0 Å². The summed E-state index contributed by atoms with van der Waals surface area (Å²) in [4.78, 5) is 16.3. The summed E-state index contributed by atoms with van der Waals surface area (Å²) in [5, 5.41) is 4.00. The first-order valence-corrected chi connectivity index (χ1v) is 7.91. The normalized spacial score (nSPS) is 11.2. The highest BCUT2D eigenvalue weighted by molar-refractivity contribution is 7.22. The van der Waals surface area contributed by atoms with Gasteiger partial charge in [-0.3, -0.25) is 10.1 Å². The lowest BCUT2D eigenvalue weighted by molar-refractivity contribution is -0.111. The first-order valence-electron chi connectivity index (χ1n) is 6.72.